The summed E-state index contributed by atoms with van der Waals surface area (Å²) in [5, 5.41) is 3.37. The van der Waals surface area contributed by atoms with Gasteiger partial charge in [0.2, 0.25) is 0 Å². The zero-order chi connectivity index (χ0) is 14.0. The molecule has 4 heteroatoms. The molecule has 1 amide bonds. The summed E-state index contributed by atoms with van der Waals surface area (Å²) in [7, 11) is 0. The Bertz CT molecular complexity index is 640. The molecular formula is C15H13ClFNO. The lowest BCUT2D eigenvalue weighted by Crippen LogP contribution is -2.14. The summed E-state index contributed by atoms with van der Waals surface area (Å²) in [5.41, 5.74) is 2.50. The summed E-state index contributed by atoms with van der Waals surface area (Å²) < 4.78 is 13.0. The third-order valence-corrected chi connectivity index (χ3v) is 3.36. The molecule has 0 spiro atoms. The molecule has 0 radical (unpaired) electrons. The number of aryl methyl sites for hydroxylation is 1. The molecule has 0 atom stereocenters. The smallest absolute Gasteiger partial charge is 0.255 e. The topological polar surface area (TPSA) is 29.1 Å². The molecule has 2 rings (SSSR count). The third-order valence-electron chi connectivity index (χ3n) is 2.95. The Kier molecular flexibility index (Phi) is 3.86. The van der Waals surface area contributed by atoms with E-state index in [2.05, 4.69) is 5.32 Å². The van der Waals surface area contributed by atoms with Gasteiger partial charge in [-0.05, 0) is 55.3 Å². The van der Waals surface area contributed by atoms with Crippen molar-refractivity contribution < 1.29 is 9.18 Å². The quantitative estimate of drug-likeness (QED) is 0.869. The predicted octanol–water partition coefficient (Wildman–Crippen LogP) is 4.35. The van der Waals surface area contributed by atoms with Crippen molar-refractivity contribution in [1.29, 1.82) is 0 Å². The SMILES string of the molecule is Cc1cc(F)ccc1C(=O)Nc1cccc(Cl)c1C. The first kappa shape index (κ1) is 13.6. The molecule has 2 aromatic carbocycles. The zero-order valence-corrected chi connectivity index (χ0v) is 11.4. The van der Waals surface area contributed by atoms with Gasteiger partial charge >= 0.3 is 0 Å². The highest BCUT2D eigenvalue weighted by Crippen LogP contribution is 2.23. The van der Waals surface area contributed by atoms with Crippen LogP contribution in [0.4, 0.5) is 10.1 Å². The van der Waals surface area contributed by atoms with Gasteiger partial charge in [-0.1, -0.05) is 17.7 Å². The fraction of sp³-hybridized carbons (Fsp3) is 0.133. The maximum absolute atomic E-state index is 13.0. The number of nitrogens with one attached hydrogen (secondary N) is 1. The van der Waals surface area contributed by atoms with Crippen molar-refractivity contribution in [2.45, 2.75) is 13.8 Å². The van der Waals surface area contributed by atoms with Crippen molar-refractivity contribution in [3.63, 3.8) is 0 Å². The molecule has 0 aromatic heterocycles. The summed E-state index contributed by atoms with van der Waals surface area (Å²) >= 11 is 5.99. The standard InChI is InChI=1S/C15H13ClFNO/c1-9-8-11(17)6-7-12(9)15(19)18-14-5-3-4-13(16)10(14)2/h3-8H,1-2H3,(H,18,19). The van der Waals surface area contributed by atoms with Gasteiger partial charge in [0.1, 0.15) is 5.82 Å². The van der Waals surface area contributed by atoms with Gasteiger partial charge in [-0.2, -0.15) is 0 Å². The van der Waals surface area contributed by atoms with E-state index in [1.807, 2.05) is 6.92 Å². The summed E-state index contributed by atoms with van der Waals surface area (Å²) in [5.74, 6) is -0.629. The molecule has 0 aliphatic rings. The van der Waals surface area contributed by atoms with Crippen LogP contribution in [-0.4, -0.2) is 5.91 Å². The van der Waals surface area contributed by atoms with E-state index in [4.69, 9.17) is 11.6 Å². The van der Waals surface area contributed by atoms with Crippen LogP contribution in [0.5, 0.6) is 0 Å². The highest BCUT2D eigenvalue weighted by Gasteiger charge is 2.11. The van der Waals surface area contributed by atoms with Crippen LogP contribution in [0.3, 0.4) is 0 Å². The molecule has 0 heterocycles. The lowest BCUT2D eigenvalue weighted by Gasteiger charge is -2.11. The van der Waals surface area contributed by atoms with Crippen molar-refractivity contribution in [2.24, 2.45) is 0 Å². The fourth-order valence-electron chi connectivity index (χ4n) is 1.81. The molecule has 19 heavy (non-hydrogen) atoms. The van der Waals surface area contributed by atoms with E-state index >= 15 is 0 Å². The minimum absolute atomic E-state index is 0.275. The van der Waals surface area contributed by atoms with Crippen LogP contribution in [0.1, 0.15) is 21.5 Å². The lowest BCUT2D eigenvalue weighted by molar-refractivity contribution is 0.102. The number of rotatable bonds is 2. The first-order chi connectivity index (χ1) is 8.99. The van der Waals surface area contributed by atoms with Crippen molar-refractivity contribution in [3.8, 4) is 0 Å². The number of carbonyl (C=O) groups is 1. The summed E-state index contributed by atoms with van der Waals surface area (Å²) in [4.78, 5) is 12.1. The first-order valence-corrected chi connectivity index (χ1v) is 6.19. The van der Waals surface area contributed by atoms with Gasteiger partial charge in [0, 0.05) is 16.3 Å². The highest BCUT2D eigenvalue weighted by molar-refractivity contribution is 6.31. The second-order valence-electron chi connectivity index (χ2n) is 4.33. The van der Waals surface area contributed by atoms with Gasteiger partial charge in [0.15, 0.2) is 0 Å². The molecule has 0 unspecified atom stereocenters. The van der Waals surface area contributed by atoms with Crippen molar-refractivity contribution in [2.75, 3.05) is 5.32 Å². The van der Waals surface area contributed by atoms with E-state index < -0.39 is 0 Å². The van der Waals surface area contributed by atoms with Crippen molar-refractivity contribution in [3.05, 3.63) is 63.9 Å². The summed E-state index contributed by atoms with van der Waals surface area (Å²) in [6.45, 7) is 3.53. The van der Waals surface area contributed by atoms with Gasteiger partial charge in [0.25, 0.3) is 5.91 Å². The van der Waals surface area contributed by atoms with Crippen LogP contribution in [0.25, 0.3) is 0 Å². The Hall–Kier alpha value is -1.87. The number of benzene rings is 2. The monoisotopic (exact) mass is 277 g/mol. The van der Waals surface area contributed by atoms with Crippen molar-refractivity contribution in [1.82, 2.24) is 0 Å². The Balaban J connectivity index is 2.28. The number of anilines is 1. The normalized spacial score (nSPS) is 10.3. The van der Waals surface area contributed by atoms with Crippen LogP contribution in [-0.2, 0) is 0 Å². The largest absolute Gasteiger partial charge is 0.322 e. The highest BCUT2D eigenvalue weighted by atomic mass is 35.5. The lowest BCUT2D eigenvalue weighted by atomic mass is 10.1. The predicted molar refractivity (Wildman–Crippen MR) is 75.3 cm³/mol. The van der Waals surface area contributed by atoms with Gasteiger partial charge in [-0.25, -0.2) is 4.39 Å². The van der Waals surface area contributed by atoms with E-state index in [9.17, 15) is 9.18 Å². The molecule has 2 aromatic rings. The van der Waals surface area contributed by atoms with E-state index in [-0.39, 0.29) is 11.7 Å². The van der Waals surface area contributed by atoms with Crippen LogP contribution in [0, 0.1) is 19.7 Å². The van der Waals surface area contributed by atoms with E-state index in [0.29, 0.717) is 21.8 Å². The molecule has 0 saturated heterocycles. The van der Waals surface area contributed by atoms with Crippen LogP contribution >= 0.6 is 11.6 Å². The van der Waals surface area contributed by atoms with E-state index in [0.717, 1.165) is 5.56 Å². The Morgan fingerprint density at radius 1 is 1.21 bits per heavy atom. The average molecular weight is 278 g/mol. The maximum atomic E-state index is 13.0. The van der Waals surface area contributed by atoms with Crippen LogP contribution < -0.4 is 5.32 Å². The summed E-state index contributed by atoms with van der Waals surface area (Å²) in [6, 6.07) is 9.38. The van der Waals surface area contributed by atoms with Crippen molar-refractivity contribution >= 4 is 23.2 Å². The molecule has 98 valence electrons. The molecule has 0 bridgehead atoms. The third kappa shape index (κ3) is 2.93. The van der Waals surface area contributed by atoms with Crippen LogP contribution in [0.15, 0.2) is 36.4 Å². The summed E-state index contributed by atoms with van der Waals surface area (Å²) in [6.07, 6.45) is 0. The number of hydrogen-bond donors (Lipinski definition) is 1. The minimum Gasteiger partial charge on any atom is -0.322 e. The molecule has 0 fully saturated rings. The Labute approximate surface area is 116 Å². The average Bonchev–Trinajstić information content (AvgIpc) is 2.34. The van der Waals surface area contributed by atoms with E-state index in [1.54, 1.807) is 25.1 Å². The molecular weight excluding hydrogens is 265 g/mol. The Morgan fingerprint density at radius 2 is 1.95 bits per heavy atom. The molecule has 0 saturated carbocycles. The van der Waals surface area contributed by atoms with Crippen LogP contribution in [0.2, 0.25) is 5.02 Å². The van der Waals surface area contributed by atoms with Gasteiger partial charge in [0.05, 0.1) is 0 Å². The second kappa shape index (κ2) is 5.41. The zero-order valence-electron chi connectivity index (χ0n) is 10.6. The number of amides is 1. The molecule has 0 aliphatic carbocycles. The Morgan fingerprint density at radius 3 is 2.63 bits per heavy atom. The second-order valence-corrected chi connectivity index (χ2v) is 4.73. The van der Waals surface area contributed by atoms with Gasteiger partial charge in [-0.15, -0.1) is 0 Å². The van der Waals surface area contributed by atoms with Gasteiger partial charge < -0.3 is 5.32 Å². The van der Waals surface area contributed by atoms with Gasteiger partial charge in [-0.3, -0.25) is 4.79 Å². The van der Waals surface area contributed by atoms with E-state index in [1.165, 1.54) is 18.2 Å². The molecule has 0 aliphatic heterocycles. The number of halogens is 2. The molecule has 2 nitrogen and oxygen atoms in total. The number of carbonyl (C=O) groups excluding carboxylic acids is 1. The maximum Gasteiger partial charge on any atom is 0.255 e. The molecule has 1 N–H and O–H groups in total. The first-order valence-electron chi connectivity index (χ1n) is 5.81. The number of hydrogen-bond acceptors (Lipinski definition) is 1. The fourth-order valence-corrected chi connectivity index (χ4v) is 1.99. The minimum atomic E-state index is -0.354.